The van der Waals surface area contributed by atoms with Crippen molar-refractivity contribution in [1.29, 1.82) is 0 Å². The van der Waals surface area contributed by atoms with E-state index in [2.05, 4.69) is 10.3 Å². The van der Waals surface area contributed by atoms with Crippen LogP contribution in [-0.2, 0) is 6.54 Å². The normalized spacial score (nSPS) is 11.3. The van der Waals surface area contributed by atoms with Crippen LogP contribution < -0.4 is 10.5 Å². The molecule has 0 radical (unpaired) electrons. The van der Waals surface area contributed by atoms with Gasteiger partial charge < -0.3 is 5.73 Å². The van der Waals surface area contributed by atoms with Gasteiger partial charge in [0.1, 0.15) is 5.52 Å². The first-order chi connectivity index (χ1) is 15.0. The van der Waals surface area contributed by atoms with E-state index in [1.807, 2.05) is 36.4 Å². The third kappa shape index (κ3) is 3.43. The highest BCUT2D eigenvalue weighted by molar-refractivity contribution is 6.34. The lowest BCUT2D eigenvalue weighted by Gasteiger charge is -2.06. The van der Waals surface area contributed by atoms with Gasteiger partial charge in [0, 0.05) is 22.4 Å². The number of amides is 1. The zero-order chi connectivity index (χ0) is 21.5. The van der Waals surface area contributed by atoms with Crippen molar-refractivity contribution in [3.05, 3.63) is 83.0 Å². The number of rotatable bonds is 4. The molecule has 31 heavy (non-hydrogen) atoms. The second-order valence-corrected chi connectivity index (χ2v) is 7.50. The Morgan fingerprint density at radius 1 is 1.13 bits per heavy atom. The third-order valence-corrected chi connectivity index (χ3v) is 5.38. The highest BCUT2D eigenvalue weighted by atomic mass is 35.5. The van der Waals surface area contributed by atoms with E-state index in [9.17, 15) is 10.0 Å². The molecule has 3 N–H and O–H groups in total. The zero-order valence-corrected chi connectivity index (χ0v) is 16.9. The maximum absolute atomic E-state index is 11.4. The van der Waals surface area contributed by atoms with Crippen LogP contribution in [0.15, 0.2) is 66.9 Å². The van der Waals surface area contributed by atoms with Crippen molar-refractivity contribution in [2.24, 2.45) is 5.73 Å². The minimum absolute atomic E-state index is 0.263. The molecule has 0 bridgehead atoms. The Bertz CT molecular complexity index is 1480. The van der Waals surface area contributed by atoms with Gasteiger partial charge >= 0.3 is 0 Å². The smallest absolute Gasteiger partial charge is 0.264 e. The molecule has 0 unspecified atom stereocenters. The van der Waals surface area contributed by atoms with Crippen molar-refractivity contribution in [1.82, 2.24) is 20.0 Å². The summed E-state index contributed by atoms with van der Waals surface area (Å²) in [5.74, 6) is -0.579. The lowest BCUT2D eigenvalue weighted by Crippen LogP contribution is -2.29. The van der Waals surface area contributed by atoms with Crippen LogP contribution in [0.4, 0.5) is 0 Å². The lowest BCUT2D eigenvalue weighted by atomic mass is 10.1. The number of carbonyl (C=O) groups excluding carboxylic acids is 1. The standard InChI is InChI=1S/C22H15ClN6O2/c23-17-11-14(4-5-16(17)21(24)30)18-6-7-19-22(25-18)28(27-26-19)12-13-3-8-20-15(10-13)2-1-9-29(20)31/h1-11H,12H2,(H2-,24,30,31)/p+1. The number of carbonyl (C=O) groups is 1. The molecule has 0 aliphatic heterocycles. The molecule has 5 aromatic rings. The number of nitrogens with two attached hydrogens (primary N) is 1. The van der Waals surface area contributed by atoms with Crippen LogP contribution in [0.5, 0.6) is 0 Å². The molecule has 5 rings (SSSR count). The summed E-state index contributed by atoms with van der Waals surface area (Å²) in [7, 11) is 0. The second kappa shape index (κ2) is 7.33. The van der Waals surface area contributed by atoms with Gasteiger partial charge in [0.15, 0.2) is 5.65 Å². The fourth-order valence-corrected chi connectivity index (χ4v) is 3.79. The molecular weight excluding hydrogens is 416 g/mol. The summed E-state index contributed by atoms with van der Waals surface area (Å²) in [6.45, 7) is 0.463. The number of pyridine rings is 2. The van der Waals surface area contributed by atoms with Crippen molar-refractivity contribution in [2.45, 2.75) is 6.54 Å². The molecule has 1 amide bonds. The van der Waals surface area contributed by atoms with Gasteiger partial charge in [-0.05, 0) is 42.0 Å². The molecule has 0 aliphatic rings. The van der Waals surface area contributed by atoms with Crippen molar-refractivity contribution >= 4 is 39.6 Å². The van der Waals surface area contributed by atoms with E-state index >= 15 is 0 Å². The molecule has 2 aromatic carbocycles. The Kier molecular flexibility index (Phi) is 4.48. The predicted octanol–water partition coefficient (Wildman–Crippen LogP) is 2.97. The Morgan fingerprint density at radius 2 is 2.00 bits per heavy atom. The largest absolute Gasteiger partial charge is 0.366 e. The van der Waals surface area contributed by atoms with Crippen LogP contribution in [0, 0.1) is 0 Å². The summed E-state index contributed by atoms with van der Waals surface area (Å²) in [4.78, 5) is 16.1. The van der Waals surface area contributed by atoms with Crippen molar-refractivity contribution in [2.75, 3.05) is 0 Å². The molecular formula is C22H16ClN6O2+. The first kappa shape index (κ1) is 19.0. The molecule has 152 valence electrons. The monoisotopic (exact) mass is 431 g/mol. The summed E-state index contributed by atoms with van der Waals surface area (Å²) < 4.78 is 2.81. The molecule has 0 fully saturated rings. The van der Waals surface area contributed by atoms with Gasteiger partial charge in [0.2, 0.25) is 12.1 Å². The SMILES string of the molecule is NC(=O)c1ccc(-c2ccc3nnn(Cc4ccc5c(ccc[n+]5O)c4)c3n2)cc1Cl. The number of primary amides is 1. The summed E-state index contributed by atoms with van der Waals surface area (Å²) in [5, 5.41) is 19.5. The third-order valence-electron chi connectivity index (χ3n) is 5.06. The molecule has 0 aliphatic carbocycles. The Hall–Kier alpha value is -4.04. The fraction of sp³-hybridized carbons (Fsp3) is 0.0455. The fourth-order valence-electron chi connectivity index (χ4n) is 3.52. The summed E-state index contributed by atoms with van der Waals surface area (Å²) in [5.41, 5.74) is 10.0. The topological polar surface area (TPSA) is 111 Å². The highest BCUT2D eigenvalue weighted by Gasteiger charge is 2.13. The summed E-state index contributed by atoms with van der Waals surface area (Å²) in [6.07, 6.45) is 1.58. The number of hydrogen-bond donors (Lipinski definition) is 2. The van der Waals surface area contributed by atoms with Crippen LogP contribution in [-0.4, -0.2) is 31.1 Å². The van der Waals surface area contributed by atoms with Crippen LogP contribution in [0.1, 0.15) is 15.9 Å². The van der Waals surface area contributed by atoms with Crippen LogP contribution in [0.3, 0.4) is 0 Å². The molecule has 0 atom stereocenters. The van der Waals surface area contributed by atoms with Crippen LogP contribution >= 0.6 is 11.6 Å². The van der Waals surface area contributed by atoms with Gasteiger partial charge in [0.25, 0.3) is 5.52 Å². The van der Waals surface area contributed by atoms with Gasteiger partial charge in [-0.1, -0.05) is 28.9 Å². The van der Waals surface area contributed by atoms with E-state index in [0.717, 1.165) is 21.2 Å². The molecule has 0 saturated heterocycles. The molecule has 9 heteroatoms. The molecule has 3 aromatic heterocycles. The van der Waals surface area contributed by atoms with E-state index in [4.69, 9.17) is 22.3 Å². The number of halogens is 1. The van der Waals surface area contributed by atoms with Gasteiger partial charge in [-0.2, -0.15) is 0 Å². The van der Waals surface area contributed by atoms with Crippen molar-refractivity contribution in [3.8, 4) is 11.3 Å². The lowest BCUT2D eigenvalue weighted by molar-refractivity contribution is -0.884. The second-order valence-electron chi connectivity index (χ2n) is 7.09. The summed E-state index contributed by atoms with van der Waals surface area (Å²) in [6, 6.07) is 18.1. The molecule has 3 heterocycles. The van der Waals surface area contributed by atoms with E-state index in [1.165, 1.54) is 0 Å². The minimum Gasteiger partial charge on any atom is -0.366 e. The first-order valence-electron chi connectivity index (χ1n) is 9.42. The van der Waals surface area contributed by atoms with Gasteiger partial charge in [-0.3, -0.25) is 10.0 Å². The average Bonchev–Trinajstić information content (AvgIpc) is 3.15. The zero-order valence-electron chi connectivity index (χ0n) is 16.1. The molecule has 8 nitrogen and oxygen atoms in total. The number of benzene rings is 2. The first-order valence-corrected chi connectivity index (χ1v) is 9.80. The maximum Gasteiger partial charge on any atom is 0.264 e. The van der Waals surface area contributed by atoms with E-state index in [0.29, 0.717) is 28.9 Å². The Balaban J connectivity index is 1.52. The van der Waals surface area contributed by atoms with Crippen LogP contribution in [0.2, 0.25) is 5.02 Å². The van der Waals surface area contributed by atoms with Crippen LogP contribution in [0.25, 0.3) is 33.3 Å². The number of aromatic nitrogens is 5. The van der Waals surface area contributed by atoms with E-state index < -0.39 is 5.91 Å². The average molecular weight is 432 g/mol. The number of nitrogens with zero attached hydrogens (tertiary/aromatic N) is 5. The Morgan fingerprint density at radius 3 is 2.81 bits per heavy atom. The quantitative estimate of drug-likeness (QED) is 0.335. The van der Waals surface area contributed by atoms with Gasteiger partial charge in [0.05, 0.1) is 28.2 Å². The number of hydrogen-bond acceptors (Lipinski definition) is 5. The highest BCUT2D eigenvalue weighted by Crippen LogP contribution is 2.26. The minimum atomic E-state index is -0.579. The Labute approximate surface area is 181 Å². The van der Waals surface area contributed by atoms with E-state index in [1.54, 1.807) is 35.1 Å². The number of fused-ring (bicyclic) bond motifs is 2. The molecule has 0 saturated carbocycles. The summed E-state index contributed by atoms with van der Waals surface area (Å²) >= 11 is 6.19. The molecule has 0 spiro atoms. The van der Waals surface area contributed by atoms with E-state index in [-0.39, 0.29) is 10.6 Å². The predicted molar refractivity (Wildman–Crippen MR) is 115 cm³/mol. The van der Waals surface area contributed by atoms with Crippen molar-refractivity contribution < 1.29 is 14.7 Å². The van der Waals surface area contributed by atoms with Gasteiger partial charge in [-0.25, -0.2) is 9.67 Å². The van der Waals surface area contributed by atoms with Gasteiger partial charge in [-0.15, -0.1) is 5.10 Å². The van der Waals surface area contributed by atoms with Crippen molar-refractivity contribution in [3.63, 3.8) is 0 Å². The maximum atomic E-state index is 11.4.